The summed E-state index contributed by atoms with van der Waals surface area (Å²) in [6.45, 7) is 1.79. The summed E-state index contributed by atoms with van der Waals surface area (Å²) in [5.74, 6) is 0.612. The highest BCUT2D eigenvalue weighted by Gasteiger charge is 2.09. The first-order valence-corrected chi connectivity index (χ1v) is 3.94. The predicted octanol–water partition coefficient (Wildman–Crippen LogP) is 0.922. The molecule has 1 aromatic rings. The van der Waals surface area contributed by atoms with E-state index in [4.69, 9.17) is 10.5 Å². The Morgan fingerprint density at radius 3 is 2.77 bits per heavy atom. The molecule has 0 radical (unpaired) electrons. The number of pyridine rings is 1. The fraction of sp³-hybridized carbons (Fsp3) is 0.333. The third-order valence-corrected chi connectivity index (χ3v) is 1.68. The van der Waals surface area contributed by atoms with Crippen LogP contribution in [0.3, 0.4) is 0 Å². The van der Waals surface area contributed by atoms with Crippen LogP contribution in [0.25, 0.3) is 0 Å². The molecular weight excluding hydrogens is 168 g/mol. The second-order valence-corrected chi connectivity index (χ2v) is 2.73. The summed E-state index contributed by atoms with van der Waals surface area (Å²) in [4.78, 5) is 14.5. The van der Waals surface area contributed by atoms with Crippen molar-refractivity contribution in [3.63, 3.8) is 0 Å². The van der Waals surface area contributed by atoms with Crippen molar-refractivity contribution in [1.82, 2.24) is 4.98 Å². The van der Waals surface area contributed by atoms with Gasteiger partial charge in [-0.25, -0.2) is 4.98 Å². The Morgan fingerprint density at radius 2 is 2.31 bits per heavy atom. The minimum atomic E-state index is -0.241. The largest absolute Gasteiger partial charge is 0.495 e. The second kappa shape index (κ2) is 4.00. The molecule has 2 N–H and O–H groups in total. The van der Waals surface area contributed by atoms with Crippen LogP contribution < -0.4 is 10.5 Å². The summed E-state index contributed by atoms with van der Waals surface area (Å²) in [6, 6.07) is 3.04. The maximum Gasteiger partial charge on any atom is 0.168 e. The quantitative estimate of drug-likeness (QED) is 0.702. The number of hydrogen-bond donors (Lipinski definition) is 1. The highest BCUT2D eigenvalue weighted by molar-refractivity contribution is 5.72. The summed E-state index contributed by atoms with van der Waals surface area (Å²) in [5.41, 5.74) is 6.63. The van der Waals surface area contributed by atoms with E-state index in [1.165, 1.54) is 0 Å². The van der Waals surface area contributed by atoms with Gasteiger partial charge >= 0.3 is 0 Å². The molecule has 0 aliphatic carbocycles. The Morgan fingerprint density at radius 1 is 1.62 bits per heavy atom. The number of rotatable bonds is 3. The van der Waals surface area contributed by atoms with Crippen LogP contribution in [-0.2, 0) is 0 Å². The van der Waals surface area contributed by atoms with Crippen LogP contribution in [-0.4, -0.2) is 18.4 Å². The zero-order valence-corrected chi connectivity index (χ0v) is 7.65. The van der Waals surface area contributed by atoms with E-state index < -0.39 is 0 Å². The number of ether oxygens (including phenoxy) is 1. The van der Waals surface area contributed by atoms with E-state index in [-0.39, 0.29) is 6.04 Å². The van der Waals surface area contributed by atoms with Crippen LogP contribution in [0.2, 0.25) is 0 Å². The SMILES string of the molecule is COc1ccc(C=O)nc1C(C)N. The highest BCUT2D eigenvalue weighted by Crippen LogP contribution is 2.20. The lowest BCUT2D eigenvalue weighted by Crippen LogP contribution is -2.10. The Bertz CT molecular complexity index is 310. The van der Waals surface area contributed by atoms with Crippen molar-refractivity contribution in [3.05, 3.63) is 23.5 Å². The lowest BCUT2D eigenvalue weighted by atomic mass is 10.2. The molecule has 1 heterocycles. The Kier molecular flexibility index (Phi) is 2.97. The number of aromatic nitrogens is 1. The van der Waals surface area contributed by atoms with Gasteiger partial charge in [-0.15, -0.1) is 0 Å². The van der Waals surface area contributed by atoms with Crippen LogP contribution >= 0.6 is 0 Å². The van der Waals surface area contributed by atoms with Crippen molar-refractivity contribution in [1.29, 1.82) is 0 Å². The van der Waals surface area contributed by atoms with E-state index in [1.54, 1.807) is 26.2 Å². The molecule has 0 amide bonds. The van der Waals surface area contributed by atoms with Crippen LogP contribution in [0.15, 0.2) is 12.1 Å². The number of aldehydes is 1. The number of carbonyl (C=O) groups is 1. The molecule has 4 heteroatoms. The van der Waals surface area contributed by atoms with Crippen molar-refractivity contribution in [3.8, 4) is 5.75 Å². The minimum Gasteiger partial charge on any atom is -0.495 e. The predicted molar refractivity (Wildman–Crippen MR) is 48.8 cm³/mol. The molecule has 0 bridgehead atoms. The molecule has 70 valence electrons. The number of carbonyl (C=O) groups excluding carboxylic acids is 1. The highest BCUT2D eigenvalue weighted by atomic mass is 16.5. The van der Waals surface area contributed by atoms with Crippen LogP contribution in [0, 0.1) is 0 Å². The van der Waals surface area contributed by atoms with E-state index in [2.05, 4.69) is 4.98 Å². The molecule has 0 saturated heterocycles. The van der Waals surface area contributed by atoms with E-state index in [1.807, 2.05) is 0 Å². The monoisotopic (exact) mass is 180 g/mol. The number of nitrogens with zero attached hydrogens (tertiary/aromatic N) is 1. The first-order valence-electron chi connectivity index (χ1n) is 3.94. The second-order valence-electron chi connectivity index (χ2n) is 2.73. The molecule has 0 fully saturated rings. The maximum absolute atomic E-state index is 10.4. The summed E-state index contributed by atoms with van der Waals surface area (Å²) in [6.07, 6.45) is 0.686. The minimum absolute atomic E-state index is 0.241. The number of hydrogen-bond acceptors (Lipinski definition) is 4. The molecule has 1 aromatic heterocycles. The zero-order valence-electron chi connectivity index (χ0n) is 7.65. The van der Waals surface area contributed by atoms with Crippen LogP contribution in [0.4, 0.5) is 0 Å². The smallest absolute Gasteiger partial charge is 0.168 e. The first kappa shape index (κ1) is 9.67. The summed E-state index contributed by atoms with van der Waals surface area (Å²) in [7, 11) is 1.55. The molecule has 0 aromatic carbocycles. The van der Waals surface area contributed by atoms with Crippen molar-refractivity contribution >= 4 is 6.29 Å². The average molecular weight is 180 g/mol. The normalized spacial score (nSPS) is 12.2. The van der Waals surface area contributed by atoms with Crippen molar-refractivity contribution < 1.29 is 9.53 Å². The molecule has 0 aliphatic heterocycles. The van der Waals surface area contributed by atoms with Gasteiger partial charge in [0, 0.05) is 6.04 Å². The van der Waals surface area contributed by atoms with Crippen molar-refractivity contribution in [2.45, 2.75) is 13.0 Å². The molecule has 1 atom stereocenters. The lowest BCUT2D eigenvalue weighted by molar-refractivity contribution is 0.111. The van der Waals surface area contributed by atoms with Gasteiger partial charge in [0.05, 0.1) is 12.8 Å². The molecule has 0 saturated carbocycles. The van der Waals surface area contributed by atoms with E-state index in [0.29, 0.717) is 23.4 Å². The van der Waals surface area contributed by atoms with Gasteiger partial charge in [-0.3, -0.25) is 4.79 Å². The summed E-state index contributed by atoms with van der Waals surface area (Å²) >= 11 is 0. The van der Waals surface area contributed by atoms with E-state index in [9.17, 15) is 4.79 Å². The van der Waals surface area contributed by atoms with Gasteiger partial charge in [0.2, 0.25) is 0 Å². The Balaban J connectivity index is 3.17. The Labute approximate surface area is 76.7 Å². The van der Waals surface area contributed by atoms with Crippen molar-refractivity contribution in [2.75, 3.05) is 7.11 Å². The van der Waals surface area contributed by atoms with Gasteiger partial charge in [0.1, 0.15) is 11.4 Å². The summed E-state index contributed by atoms with van der Waals surface area (Å²) < 4.78 is 5.05. The zero-order chi connectivity index (χ0) is 9.84. The third-order valence-electron chi connectivity index (χ3n) is 1.68. The van der Waals surface area contributed by atoms with Gasteiger partial charge in [0.25, 0.3) is 0 Å². The van der Waals surface area contributed by atoms with E-state index >= 15 is 0 Å². The van der Waals surface area contributed by atoms with Gasteiger partial charge in [0.15, 0.2) is 6.29 Å². The molecule has 4 nitrogen and oxygen atoms in total. The number of methoxy groups -OCH3 is 1. The summed E-state index contributed by atoms with van der Waals surface area (Å²) in [5, 5.41) is 0. The molecular formula is C9H12N2O2. The molecule has 0 aliphatic rings. The fourth-order valence-electron chi connectivity index (χ4n) is 1.04. The van der Waals surface area contributed by atoms with Crippen LogP contribution in [0.1, 0.15) is 29.1 Å². The van der Waals surface area contributed by atoms with E-state index in [0.717, 1.165) is 0 Å². The van der Waals surface area contributed by atoms with Gasteiger partial charge in [-0.2, -0.15) is 0 Å². The maximum atomic E-state index is 10.4. The molecule has 1 unspecified atom stereocenters. The van der Waals surface area contributed by atoms with Gasteiger partial charge in [-0.1, -0.05) is 0 Å². The van der Waals surface area contributed by atoms with Crippen LogP contribution in [0.5, 0.6) is 5.75 Å². The molecule has 1 rings (SSSR count). The van der Waals surface area contributed by atoms with Crippen molar-refractivity contribution in [2.24, 2.45) is 5.73 Å². The lowest BCUT2D eigenvalue weighted by Gasteiger charge is -2.10. The standard InChI is InChI=1S/C9H12N2O2/c1-6(10)9-8(13-2)4-3-7(5-12)11-9/h3-6H,10H2,1-2H3. The fourth-order valence-corrected chi connectivity index (χ4v) is 1.04. The van der Waals surface area contributed by atoms with Gasteiger partial charge < -0.3 is 10.5 Å². The number of nitrogens with two attached hydrogens (primary N) is 1. The Hall–Kier alpha value is -1.42. The first-order chi connectivity index (χ1) is 6.19. The molecule has 0 spiro atoms. The topological polar surface area (TPSA) is 65.2 Å². The average Bonchev–Trinajstić information content (AvgIpc) is 2.16. The third kappa shape index (κ3) is 2.03. The van der Waals surface area contributed by atoms with Gasteiger partial charge in [-0.05, 0) is 19.1 Å². The molecule has 13 heavy (non-hydrogen) atoms.